The van der Waals surface area contributed by atoms with Gasteiger partial charge < -0.3 is 15.4 Å². The van der Waals surface area contributed by atoms with Gasteiger partial charge in [0.1, 0.15) is 0 Å². The van der Waals surface area contributed by atoms with Gasteiger partial charge in [-0.25, -0.2) is 0 Å². The average Bonchev–Trinajstić information content (AvgIpc) is 2.45. The number of hydrogen-bond donors (Lipinski definition) is 2. The molecule has 0 fully saturated rings. The fourth-order valence-corrected chi connectivity index (χ4v) is 2.05. The predicted molar refractivity (Wildman–Crippen MR) is 86.6 cm³/mol. The molecule has 2 N–H and O–H groups in total. The minimum Gasteiger partial charge on any atom is -0.461 e. The summed E-state index contributed by atoms with van der Waals surface area (Å²) in [4.78, 5) is 12.7. The van der Waals surface area contributed by atoms with E-state index in [-0.39, 0.29) is 6.10 Å². The zero-order valence-corrected chi connectivity index (χ0v) is 13.8. The van der Waals surface area contributed by atoms with E-state index in [1.165, 1.54) is 0 Å². The van der Waals surface area contributed by atoms with Crippen LogP contribution >= 0.6 is 15.9 Å². The van der Waals surface area contributed by atoms with E-state index in [2.05, 4.69) is 41.5 Å². The normalized spacial score (nSPS) is 10.5. The van der Waals surface area contributed by atoms with Gasteiger partial charge in [-0.3, -0.25) is 0 Å². The fourth-order valence-electron chi connectivity index (χ4n) is 1.63. The molecule has 1 aromatic carbocycles. The number of benzene rings is 1. The Bertz CT molecular complexity index is 606. The van der Waals surface area contributed by atoms with Gasteiger partial charge >= 0.3 is 6.01 Å². The highest BCUT2D eigenvalue weighted by Gasteiger charge is 2.08. The Hall–Kier alpha value is -1.89. The van der Waals surface area contributed by atoms with Crippen molar-refractivity contribution >= 4 is 27.8 Å². The Balaban J connectivity index is 2.13. The molecule has 7 heteroatoms. The minimum absolute atomic E-state index is 0.00761. The summed E-state index contributed by atoms with van der Waals surface area (Å²) in [6, 6.07) is 8.30. The van der Waals surface area contributed by atoms with Gasteiger partial charge in [0.15, 0.2) is 0 Å². The molecule has 112 valence electrons. The van der Waals surface area contributed by atoms with Crippen LogP contribution in [0.3, 0.4) is 0 Å². The molecule has 2 aromatic rings. The van der Waals surface area contributed by atoms with Crippen molar-refractivity contribution in [2.75, 3.05) is 17.7 Å². The van der Waals surface area contributed by atoms with Crippen LogP contribution in [-0.4, -0.2) is 28.1 Å². The van der Waals surface area contributed by atoms with Crippen molar-refractivity contribution in [3.8, 4) is 6.01 Å². The lowest BCUT2D eigenvalue weighted by Crippen LogP contribution is -2.13. The maximum Gasteiger partial charge on any atom is 0.323 e. The van der Waals surface area contributed by atoms with Gasteiger partial charge in [0.2, 0.25) is 11.9 Å². The van der Waals surface area contributed by atoms with Gasteiger partial charge in [-0.15, -0.1) is 0 Å². The standard InChI is InChI=1S/C14H18BrN5O/c1-9(2)21-14-19-12(16-3)18-13(20-14)17-8-10-6-4-5-7-11(10)15/h4-7,9H,8H2,1-3H3,(H2,16,17,18,19,20). The second kappa shape index (κ2) is 7.21. The molecule has 6 nitrogen and oxygen atoms in total. The Kier molecular flexibility index (Phi) is 5.32. The van der Waals surface area contributed by atoms with E-state index in [9.17, 15) is 0 Å². The van der Waals surface area contributed by atoms with E-state index in [1.54, 1.807) is 7.05 Å². The Morgan fingerprint density at radius 3 is 2.52 bits per heavy atom. The SMILES string of the molecule is CNc1nc(NCc2ccccc2Br)nc(OC(C)C)n1. The van der Waals surface area contributed by atoms with Crippen LogP contribution in [0.5, 0.6) is 6.01 Å². The van der Waals surface area contributed by atoms with E-state index in [0.29, 0.717) is 24.5 Å². The maximum absolute atomic E-state index is 5.52. The first-order valence-electron chi connectivity index (χ1n) is 6.66. The van der Waals surface area contributed by atoms with Crippen LogP contribution in [0.25, 0.3) is 0 Å². The average molecular weight is 352 g/mol. The maximum atomic E-state index is 5.52. The number of nitrogens with one attached hydrogen (secondary N) is 2. The first kappa shape index (κ1) is 15.5. The molecule has 0 radical (unpaired) electrons. The lowest BCUT2D eigenvalue weighted by Gasteiger charge is -2.11. The van der Waals surface area contributed by atoms with Gasteiger partial charge in [0.05, 0.1) is 6.10 Å². The number of ether oxygens (including phenoxy) is 1. The molecule has 0 atom stereocenters. The molecule has 21 heavy (non-hydrogen) atoms. The number of aromatic nitrogens is 3. The zero-order valence-electron chi connectivity index (χ0n) is 12.2. The molecular formula is C14H18BrN5O. The molecule has 0 aliphatic rings. The van der Waals surface area contributed by atoms with Gasteiger partial charge in [-0.2, -0.15) is 15.0 Å². The number of anilines is 2. The van der Waals surface area contributed by atoms with E-state index >= 15 is 0 Å². The van der Waals surface area contributed by atoms with Crippen molar-refractivity contribution < 1.29 is 4.74 Å². The van der Waals surface area contributed by atoms with Crippen molar-refractivity contribution in [3.63, 3.8) is 0 Å². The smallest absolute Gasteiger partial charge is 0.323 e. The summed E-state index contributed by atoms with van der Waals surface area (Å²) >= 11 is 3.51. The van der Waals surface area contributed by atoms with Gasteiger partial charge in [-0.1, -0.05) is 34.1 Å². The van der Waals surface area contributed by atoms with Crippen molar-refractivity contribution in [3.05, 3.63) is 34.3 Å². The first-order valence-corrected chi connectivity index (χ1v) is 7.45. The fraction of sp³-hybridized carbons (Fsp3) is 0.357. The highest BCUT2D eigenvalue weighted by molar-refractivity contribution is 9.10. The highest BCUT2D eigenvalue weighted by Crippen LogP contribution is 2.18. The van der Waals surface area contributed by atoms with Crippen LogP contribution in [0.4, 0.5) is 11.9 Å². The van der Waals surface area contributed by atoms with Crippen molar-refractivity contribution in [1.82, 2.24) is 15.0 Å². The third kappa shape index (κ3) is 4.56. The van der Waals surface area contributed by atoms with E-state index < -0.39 is 0 Å². The summed E-state index contributed by atoms with van der Waals surface area (Å²) < 4.78 is 6.56. The van der Waals surface area contributed by atoms with Gasteiger partial charge in [0, 0.05) is 18.1 Å². The summed E-state index contributed by atoms with van der Waals surface area (Å²) in [7, 11) is 1.76. The summed E-state index contributed by atoms with van der Waals surface area (Å²) in [6.45, 7) is 4.46. The van der Waals surface area contributed by atoms with Crippen molar-refractivity contribution in [2.45, 2.75) is 26.5 Å². The quantitative estimate of drug-likeness (QED) is 0.833. The molecule has 0 aliphatic carbocycles. The molecule has 0 saturated carbocycles. The van der Waals surface area contributed by atoms with E-state index in [0.717, 1.165) is 10.0 Å². The van der Waals surface area contributed by atoms with Crippen LogP contribution in [0, 0.1) is 0 Å². The largest absolute Gasteiger partial charge is 0.461 e. The molecule has 2 rings (SSSR count). The molecule has 1 heterocycles. The van der Waals surface area contributed by atoms with E-state index in [1.807, 2.05) is 38.1 Å². The summed E-state index contributed by atoms with van der Waals surface area (Å²) in [5.41, 5.74) is 1.12. The number of rotatable bonds is 6. The monoisotopic (exact) mass is 351 g/mol. The molecule has 0 spiro atoms. The molecule has 0 bridgehead atoms. The summed E-state index contributed by atoms with van der Waals surface area (Å²) in [6.07, 6.45) is 0.00761. The number of halogens is 1. The third-order valence-corrected chi connectivity index (χ3v) is 3.35. The minimum atomic E-state index is 0.00761. The summed E-state index contributed by atoms with van der Waals surface area (Å²) in [5.74, 6) is 0.941. The molecule has 0 unspecified atom stereocenters. The third-order valence-electron chi connectivity index (χ3n) is 2.57. The van der Waals surface area contributed by atoms with E-state index in [4.69, 9.17) is 4.74 Å². The van der Waals surface area contributed by atoms with Crippen LogP contribution in [0.15, 0.2) is 28.7 Å². The highest BCUT2D eigenvalue weighted by atomic mass is 79.9. The summed E-state index contributed by atoms with van der Waals surface area (Å²) in [5, 5.41) is 6.08. The zero-order chi connectivity index (χ0) is 15.2. The van der Waals surface area contributed by atoms with Crippen molar-refractivity contribution in [1.29, 1.82) is 0 Å². The van der Waals surface area contributed by atoms with Crippen LogP contribution in [0.1, 0.15) is 19.4 Å². The predicted octanol–water partition coefficient (Wildman–Crippen LogP) is 3.08. The second-order valence-electron chi connectivity index (χ2n) is 4.63. The molecule has 0 saturated heterocycles. The molecule has 0 aliphatic heterocycles. The number of nitrogens with zero attached hydrogens (tertiary/aromatic N) is 3. The topological polar surface area (TPSA) is 72.0 Å². The lowest BCUT2D eigenvalue weighted by molar-refractivity contribution is 0.222. The molecular weight excluding hydrogens is 334 g/mol. The Morgan fingerprint density at radius 2 is 1.86 bits per heavy atom. The van der Waals surface area contributed by atoms with Crippen LogP contribution in [-0.2, 0) is 6.54 Å². The second-order valence-corrected chi connectivity index (χ2v) is 5.48. The first-order chi connectivity index (χ1) is 10.1. The Morgan fingerprint density at radius 1 is 1.14 bits per heavy atom. The molecule has 0 amide bonds. The Labute approximate surface area is 132 Å². The number of hydrogen-bond acceptors (Lipinski definition) is 6. The lowest BCUT2D eigenvalue weighted by atomic mass is 10.2. The van der Waals surface area contributed by atoms with Crippen molar-refractivity contribution in [2.24, 2.45) is 0 Å². The van der Waals surface area contributed by atoms with Crippen LogP contribution < -0.4 is 15.4 Å². The molecule has 1 aromatic heterocycles. The van der Waals surface area contributed by atoms with Gasteiger partial charge in [-0.05, 0) is 25.5 Å². The van der Waals surface area contributed by atoms with Crippen LogP contribution in [0.2, 0.25) is 0 Å². The van der Waals surface area contributed by atoms with Gasteiger partial charge in [0.25, 0.3) is 0 Å².